The van der Waals surface area contributed by atoms with Crippen LogP contribution < -0.4 is 15.4 Å². The molecule has 0 radical (unpaired) electrons. The van der Waals surface area contributed by atoms with Crippen LogP contribution in [-0.2, 0) is 17.8 Å². The van der Waals surface area contributed by atoms with Crippen molar-refractivity contribution in [2.75, 3.05) is 19.7 Å². The van der Waals surface area contributed by atoms with Crippen molar-refractivity contribution in [2.45, 2.75) is 13.0 Å². The smallest absolute Gasteiger partial charge is 0.315 e. The van der Waals surface area contributed by atoms with Gasteiger partial charge in [-0.15, -0.1) is 0 Å². The van der Waals surface area contributed by atoms with Crippen LogP contribution >= 0.6 is 0 Å². The molecule has 32 heavy (non-hydrogen) atoms. The van der Waals surface area contributed by atoms with Gasteiger partial charge in [-0.1, -0.05) is 41.6 Å². The van der Waals surface area contributed by atoms with Gasteiger partial charge in [0.1, 0.15) is 5.75 Å². The van der Waals surface area contributed by atoms with E-state index in [9.17, 15) is 9.59 Å². The number of aryl methyl sites for hydroxylation is 2. The summed E-state index contributed by atoms with van der Waals surface area (Å²) in [7, 11) is 0. The highest BCUT2D eigenvalue weighted by atomic mass is 16.5. The Labute approximate surface area is 184 Å². The molecular formula is C23H23N5O4. The first-order chi connectivity index (χ1) is 15.7. The van der Waals surface area contributed by atoms with Crippen LogP contribution in [0.15, 0.2) is 71.4 Å². The van der Waals surface area contributed by atoms with Crippen molar-refractivity contribution in [3.8, 4) is 5.75 Å². The summed E-state index contributed by atoms with van der Waals surface area (Å²) in [6, 6.07) is 19.2. The summed E-state index contributed by atoms with van der Waals surface area (Å²) in [5.41, 5.74) is 1.13. The Bertz CT molecular complexity index is 1190. The van der Waals surface area contributed by atoms with Gasteiger partial charge in [-0.2, -0.15) is 4.98 Å². The zero-order chi connectivity index (χ0) is 22.2. The van der Waals surface area contributed by atoms with Gasteiger partial charge in [0.25, 0.3) is 5.91 Å². The number of fused-ring (bicyclic) bond motifs is 1. The molecule has 0 atom stereocenters. The summed E-state index contributed by atoms with van der Waals surface area (Å²) in [6.45, 7) is 1.06. The Hall–Kier alpha value is -4.14. The van der Waals surface area contributed by atoms with Gasteiger partial charge in [-0.05, 0) is 29.7 Å². The van der Waals surface area contributed by atoms with Crippen molar-refractivity contribution in [3.63, 3.8) is 0 Å². The lowest BCUT2D eigenvalue weighted by Crippen LogP contribution is -2.36. The summed E-state index contributed by atoms with van der Waals surface area (Å²) < 4.78 is 12.5. The molecule has 0 unspecified atom stereocenters. The number of carbonyl (C=O) groups is 2. The summed E-state index contributed by atoms with van der Waals surface area (Å²) in [5.74, 6) is 0.217. The van der Waals surface area contributed by atoms with Crippen molar-refractivity contribution < 1.29 is 18.8 Å². The lowest BCUT2D eigenvalue weighted by atomic mass is 10.2. The number of hydrogen-bond acceptors (Lipinski definition) is 6. The molecule has 9 heteroatoms. The molecular weight excluding hydrogens is 410 g/mol. The van der Waals surface area contributed by atoms with E-state index in [-0.39, 0.29) is 31.5 Å². The maximum Gasteiger partial charge on any atom is 0.315 e. The van der Waals surface area contributed by atoms with E-state index in [2.05, 4.69) is 43.5 Å². The Morgan fingerprint density at radius 3 is 2.62 bits per heavy atom. The van der Waals surface area contributed by atoms with Gasteiger partial charge in [0, 0.05) is 37.8 Å². The standard InChI is InChI=1S/C23H23N5O4/c29-21(16-31-18-7-2-1-3-8-18)24-12-13-25-22(30)23-26-20(27-32-23)11-15-28-14-10-17-6-4-5-9-19(17)28/h1-10,14H,11-13,15-16H2,(H,24,29)(H,25,30). The highest BCUT2D eigenvalue weighted by Crippen LogP contribution is 2.15. The second-order valence-electron chi connectivity index (χ2n) is 7.04. The highest BCUT2D eigenvalue weighted by molar-refractivity contribution is 5.89. The van der Waals surface area contributed by atoms with E-state index in [0.717, 1.165) is 5.52 Å². The SMILES string of the molecule is O=C(COc1ccccc1)NCCNC(=O)c1nc(CCn2ccc3ccccc32)no1. The number of amides is 2. The normalized spacial score (nSPS) is 10.8. The zero-order valence-corrected chi connectivity index (χ0v) is 17.4. The lowest BCUT2D eigenvalue weighted by molar-refractivity contribution is -0.123. The number of benzene rings is 2. The van der Waals surface area contributed by atoms with Crippen LogP contribution in [0.1, 0.15) is 16.5 Å². The molecule has 0 fully saturated rings. The van der Waals surface area contributed by atoms with Gasteiger partial charge in [0.05, 0.1) is 0 Å². The van der Waals surface area contributed by atoms with E-state index in [0.29, 0.717) is 24.5 Å². The molecule has 2 aromatic carbocycles. The fourth-order valence-corrected chi connectivity index (χ4v) is 3.17. The van der Waals surface area contributed by atoms with Crippen LogP contribution in [0.2, 0.25) is 0 Å². The average Bonchev–Trinajstić information content (AvgIpc) is 3.47. The maximum absolute atomic E-state index is 12.2. The number of hydrogen-bond donors (Lipinski definition) is 2. The molecule has 2 amide bonds. The van der Waals surface area contributed by atoms with Crippen molar-refractivity contribution in [2.24, 2.45) is 0 Å². The van der Waals surface area contributed by atoms with Crippen LogP contribution in [0, 0.1) is 0 Å². The topological polar surface area (TPSA) is 111 Å². The van der Waals surface area contributed by atoms with Crippen molar-refractivity contribution >= 4 is 22.7 Å². The lowest BCUT2D eigenvalue weighted by Gasteiger charge is -2.07. The molecule has 0 saturated carbocycles. The quantitative estimate of drug-likeness (QED) is 0.371. The fraction of sp³-hybridized carbons (Fsp3) is 0.217. The van der Waals surface area contributed by atoms with Crippen molar-refractivity contribution in [1.29, 1.82) is 0 Å². The minimum Gasteiger partial charge on any atom is -0.484 e. The van der Waals surface area contributed by atoms with Gasteiger partial charge < -0.3 is 24.5 Å². The van der Waals surface area contributed by atoms with Crippen LogP contribution in [0.3, 0.4) is 0 Å². The molecule has 0 spiro atoms. The molecule has 9 nitrogen and oxygen atoms in total. The van der Waals surface area contributed by atoms with E-state index in [1.54, 1.807) is 12.1 Å². The zero-order valence-electron chi connectivity index (χ0n) is 17.4. The molecule has 0 aliphatic heterocycles. The molecule has 0 bridgehead atoms. The van der Waals surface area contributed by atoms with Crippen LogP contribution in [0.4, 0.5) is 0 Å². The summed E-state index contributed by atoms with van der Waals surface area (Å²) in [5, 5.41) is 10.4. The van der Waals surface area contributed by atoms with Crippen molar-refractivity contribution in [3.05, 3.63) is 78.6 Å². The van der Waals surface area contributed by atoms with Crippen molar-refractivity contribution in [1.82, 2.24) is 25.3 Å². The number of aromatic nitrogens is 3. The first-order valence-corrected chi connectivity index (χ1v) is 10.3. The van der Waals surface area contributed by atoms with E-state index in [4.69, 9.17) is 9.26 Å². The van der Waals surface area contributed by atoms with Gasteiger partial charge in [0.15, 0.2) is 12.4 Å². The first kappa shape index (κ1) is 21.1. The molecule has 0 aliphatic carbocycles. The average molecular weight is 433 g/mol. The summed E-state index contributed by atoms with van der Waals surface area (Å²) in [6.07, 6.45) is 2.55. The van der Waals surface area contributed by atoms with E-state index >= 15 is 0 Å². The Morgan fingerprint density at radius 1 is 0.969 bits per heavy atom. The highest BCUT2D eigenvalue weighted by Gasteiger charge is 2.15. The molecule has 2 aromatic heterocycles. The van der Waals surface area contributed by atoms with Crippen LogP contribution in [-0.4, -0.2) is 46.2 Å². The van der Waals surface area contributed by atoms with Gasteiger partial charge in [-0.25, -0.2) is 0 Å². The first-order valence-electron chi connectivity index (χ1n) is 10.3. The Balaban J connectivity index is 1.16. The largest absolute Gasteiger partial charge is 0.484 e. The second-order valence-corrected chi connectivity index (χ2v) is 7.04. The maximum atomic E-state index is 12.2. The molecule has 2 heterocycles. The summed E-state index contributed by atoms with van der Waals surface area (Å²) >= 11 is 0. The van der Waals surface area contributed by atoms with E-state index in [1.165, 1.54) is 5.39 Å². The predicted molar refractivity (Wildman–Crippen MR) is 117 cm³/mol. The number of rotatable bonds is 10. The van der Waals surface area contributed by atoms with Gasteiger partial charge in [0.2, 0.25) is 0 Å². The number of nitrogens with zero attached hydrogens (tertiary/aromatic N) is 3. The number of ether oxygens (including phenoxy) is 1. The molecule has 164 valence electrons. The number of carbonyl (C=O) groups excluding carboxylic acids is 2. The Morgan fingerprint density at radius 2 is 1.75 bits per heavy atom. The number of para-hydroxylation sites is 2. The molecule has 2 N–H and O–H groups in total. The molecule has 0 aliphatic rings. The molecule has 4 aromatic rings. The third-order valence-electron chi connectivity index (χ3n) is 4.76. The van der Waals surface area contributed by atoms with Crippen LogP contribution in [0.25, 0.3) is 10.9 Å². The van der Waals surface area contributed by atoms with Gasteiger partial charge in [-0.3, -0.25) is 9.59 Å². The number of nitrogens with one attached hydrogen (secondary N) is 2. The fourth-order valence-electron chi connectivity index (χ4n) is 3.17. The third kappa shape index (κ3) is 5.51. The summed E-state index contributed by atoms with van der Waals surface area (Å²) in [4.78, 5) is 28.1. The molecule has 0 saturated heterocycles. The van der Waals surface area contributed by atoms with Gasteiger partial charge >= 0.3 is 11.8 Å². The van der Waals surface area contributed by atoms with E-state index in [1.807, 2.05) is 36.5 Å². The van der Waals surface area contributed by atoms with E-state index < -0.39 is 5.91 Å². The minimum atomic E-state index is -0.482. The predicted octanol–water partition coefficient (Wildman–Crippen LogP) is 2.19. The minimum absolute atomic E-state index is 0.0956. The Kier molecular flexibility index (Phi) is 6.76. The van der Waals surface area contributed by atoms with Crippen LogP contribution in [0.5, 0.6) is 5.75 Å². The second kappa shape index (κ2) is 10.3. The molecule has 4 rings (SSSR count). The monoisotopic (exact) mass is 433 g/mol. The third-order valence-corrected chi connectivity index (χ3v) is 4.76.